The molecule has 1 aromatic carbocycles. The quantitative estimate of drug-likeness (QED) is 0.822. The molecule has 0 amide bonds. The fourth-order valence-corrected chi connectivity index (χ4v) is 1.74. The van der Waals surface area contributed by atoms with Crippen LogP contribution in [-0.4, -0.2) is 6.61 Å². The first-order valence-corrected chi connectivity index (χ1v) is 6.26. The molecule has 1 unspecified atom stereocenters. The van der Waals surface area contributed by atoms with E-state index < -0.39 is 0 Å². The predicted molar refractivity (Wildman–Crippen MR) is 68.6 cm³/mol. The molecule has 1 atom stereocenters. The van der Waals surface area contributed by atoms with E-state index in [1.807, 2.05) is 6.92 Å². The van der Waals surface area contributed by atoms with Gasteiger partial charge in [0.15, 0.2) is 0 Å². The zero-order valence-corrected chi connectivity index (χ0v) is 10.9. The average molecular weight is 239 g/mol. The van der Waals surface area contributed by atoms with Gasteiger partial charge in [0.2, 0.25) is 0 Å². The van der Waals surface area contributed by atoms with Crippen LogP contribution in [0, 0.1) is 11.7 Å². The smallest absolute Gasteiger partial charge is 0.126 e. The molecule has 0 aliphatic carbocycles. The second kappa shape index (κ2) is 6.60. The Bertz CT molecular complexity index is 348. The Morgan fingerprint density at radius 3 is 2.47 bits per heavy atom. The van der Waals surface area contributed by atoms with E-state index in [4.69, 9.17) is 10.5 Å². The van der Waals surface area contributed by atoms with Crippen LogP contribution >= 0.6 is 0 Å². The number of nitrogens with two attached hydrogens (primary N) is 1. The number of ether oxygens (including phenoxy) is 1. The van der Waals surface area contributed by atoms with Crippen LogP contribution in [-0.2, 0) is 0 Å². The zero-order valence-electron chi connectivity index (χ0n) is 10.9. The van der Waals surface area contributed by atoms with E-state index >= 15 is 0 Å². The summed E-state index contributed by atoms with van der Waals surface area (Å²) in [6, 6.07) is 4.39. The zero-order chi connectivity index (χ0) is 12.8. The SMILES string of the molecule is CCC(CC)COc1cc(F)ccc1C(C)N. The minimum absolute atomic E-state index is 0.146. The maximum Gasteiger partial charge on any atom is 0.126 e. The molecule has 96 valence electrons. The van der Waals surface area contributed by atoms with Gasteiger partial charge in [-0.15, -0.1) is 0 Å². The van der Waals surface area contributed by atoms with E-state index in [9.17, 15) is 4.39 Å². The van der Waals surface area contributed by atoms with E-state index in [1.165, 1.54) is 12.1 Å². The van der Waals surface area contributed by atoms with Gasteiger partial charge in [0, 0.05) is 17.7 Å². The van der Waals surface area contributed by atoms with Crippen LogP contribution in [0.1, 0.15) is 45.2 Å². The maximum atomic E-state index is 13.2. The third-order valence-corrected chi connectivity index (χ3v) is 3.10. The molecule has 3 heteroatoms. The number of hydrogen-bond acceptors (Lipinski definition) is 2. The molecule has 0 heterocycles. The largest absolute Gasteiger partial charge is 0.493 e. The van der Waals surface area contributed by atoms with Crippen molar-refractivity contribution in [3.8, 4) is 5.75 Å². The minimum atomic E-state index is -0.283. The Hall–Kier alpha value is -1.09. The number of benzene rings is 1. The Morgan fingerprint density at radius 2 is 1.94 bits per heavy atom. The van der Waals surface area contributed by atoms with Crippen molar-refractivity contribution in [3.63, 3.8) is 0 Å². The molecule has 0 fully saturated rings. The molecule has 1 rings (SSSR count). The standard InChI is InChI=1S/C14H22FNO/c1-4-11(5-2)9-17-14-8-12(15)6-7-13(14)10(3)16/h6-8,10-11H,4-5,9,16H2,1-3H3. The van der Waals surface area contributed by atoms with Crippen molar-refractivity contribution in [3.05, 3.63) is 29.6 Å². The van der Waals surface area contributed by atoms with Gasteiger partial charge in [-0.1, -0.05) is 32.8 Å². The molecule has 0 spiro atoms. The third-order valence-electron chi connectivity index (χ3n) is 3.10. The van der Waals surface area contributed by atoms with Crippen LogP contribution in [0.15, 0.2) is 18.2 Å². The van der Waals surface area contributed by atoms with Gasteiger partial charge in [-0.2, -0.15) is 0 Å². The topological polar surface area (TPSA) is 35.2 Å². The summed E-state index contributed by atoms with van der Waals surface area (Å²) < 4.78 is 18.9. The highest BCUT2D eigenvalue weighted by Gasteiger charge is 2.11. The van der Waals surface area contributed by atoms with Crippen LogP contribution in [0.25, 0.3) is 0 Å². The summed E-state index contributed by atoms with van der Waals surface area (Å²) in [5, 5.41) is 0. The lowest BCUT2D eigenvalue weighted by Crippen LogP contribution is -2.13. The highest BCUT2D eigenvalue weighted by molar-refractivity contribution is 5.36. The fourth-order valence-electron chi connectivity index (χ4n) is 1.74. The van der Waals surface area contributed by atoms with Crippen LogP contribution in [0.5, 0.6) is 5.75 Å². The number of hydrogen-bond donors (Lipinski definition) is 1. The monoisotopic (exact) mass is 239 g/mol. The molecule has 2 nitrogen and oxygen atoms in total. The van der Waals surface area contributed by atoms with Crippen molar-refractivity contribution in [2.75, 3.05) is 6.61 Å². The van der Waals surface area contributed by atoms with Gasteiger partial charge in [-0.3, -0.25) is 0 Å². The highest BCUT2D eigenvalue weighted by Crippen LogP contribution is 2.25. The second-order valence-corrected chi connectivity index (χ2v) is 4.46. The van der Waals surface area contributed by atoms with E-state index in [2.05, 4.69) is 13.8 Å². The summed E-state index contributed by atoms with van der Waals surface area (Å²) in [7, 11) is 0. The van der Waals surface area contributed by atoms with Crippen molar-refractivity contribution in [2.45, 2.75) is 39.7 Å². The van der Waals surface area contributed by atoms with Gasteiger partial charge in [0.25, 0.3) is 0 Å². The van der Waals surface area contributed by atoms with Gasteiger partial charge >= 0.3 is 0 Å². The van der Waals surface area contributed by atoms with Crippen LogP contribution < -0.4 is 10.5 Å². The molecule has 0 radical (unpaired) electrons. The third kappa shape index (κ3) is 4.00. The van der Waals surface area contributed by atoms with Gasteiger partial charge in [0.05, 0.1) is 6.61 Å². The summed E-state index contributed by atoms with van der Waals surface area (Å²) in [5.74, 6) is 0.806. The molecular formula is C14H22FNO. The van der Waals surface area contributed by atoms with Crippen molar-refractivity contribution in [2.24, 2.45) is 11.7 Å². The Morgan fingerprint density at radius 1 is 1.29 bits per heavy atom. The Balaban J connectivity index is 2.78. The van der Waals surface area contributed by atoms with Crippen molar-refractivity contribution in [1.29, 1.82) is 0 Å². The first-order chi connectivity index (χ1) is 8.08. The van der Waals surface area contributed by atoms with Gasteiger partial charge < -0.3 is 10.5 Å². The molecular weight excluding hydrogens is 217 g/mol. The average Bonchev–Trinajstić information content (AvgIpc) is 2.30. The summed E-state index contributed by atoms with van der Waals surface area (Å²) in [6.45, 7) is 6.76. The van der Waals surface area contributed by atoms with E-state index in [1.54, 1.807) is 6.07 Å². The van der Waals surface area contributed by atoms with E-state index in [-0.39, 0.29) is 11.9 Å². The molecule has 0 aliphatic heterocycles. The molecule has 17 heavy (non-hydrogen) atoms. The van der Waals surface area contributed by atoms with Crippen molar-refractivity contribution in [1.82, 2.24) is 0 Å². The fraction of sp³-hybridized carbons (Fsp3) is 0.571. The van der Waals surface area contributed by atoms with Crippen molar-refractivity contribution < 1.29 is 9.13 Å². The number of rotatable bonds is 6. The molecule has 2 N–H and O–H groups in total. The van der Waals surface area contributed by atoms with Crippen molar-refractivity contribution >= 4 is 0 Å². The van der Waals surface area contributed by atoms with Crippen LogP contribution in [0.3, 0.4) is 0 Å². The lowest BCUT2D eigenvalue weighted by molar-refractivity contribution is 0.237. The Labute approximate surface area is 103 Å². The molecule has 1 aromatic rings. The maximum absolute atomic E-state index is 13.2. The summed E-state index contributed by atoms with van der Waals surface area (Å²) in [4.78, 5) is 0. The molecule has 0 saturated heterocycles. The predicted octanol–water partition coefficient (Wildman–Crippen LogP) is 3.66. The minimum Gasteiger partial charge on any atom is -0.493 e. The van der Waals surface area contributed by atoms with E-state index in [0.717, 1.165) is 18.4 Å². The summed E-state index contributed by atoms with van der Waals surface area (Å²) in [6.07, 6.45) is 2.14. The Kier molecular flexibility index (Phi) is 5.42. The second-order valence-electron chi connectivity index (χ2n) is 4.46. The molecule has 0 saturated carbocycles. The number of halogens is 1. The first kappa shape index (κ1) is 14.0. The molecule has 0 aromatic heterocycles. The summed E-state index contributed by atoms with van der Waals surface area (Å²) >= 11 is 0. The van der Waals surface area contributed by atoms with Crippen LogP contribution in [0.2, 0.25) is 0 Å². The van der Waals surface area contributed by atoms with Crippen LogP contribution in [0.4, 0.5) is 4.39 Å². The van der Waals surface area contributed by atoms with E-state index in [0.29, 0.717) is 18.3 Å². The van der Waals surface area contributed by atoms with Gasteiger partial charge in [0.1, 0.15) is 11.6 Å². The lowest BCUT2D eigenvalue weighted by Gasteiger charge is -2.17. The highest BCUT2D eigenvalue weighted by atomic mass is 19.1. The summed E-state index contributed by atoms with van der Waals surface area (Å²) in [5.41, 5.74) is 6.69. The van der Waals surface area contributed by atoms with Gasteiger partial charge in [-0.05, 0) is 18.9 Å². The molecule has 0 bridgehead atoms. The lowest BCUT2D eigenvalue weighted by atomic mass is 10.0. The normalized spacial score (nSPS) is 12.8. The first-order valence-electron chi connectivity index (χ1n) is 6.26. The molecule has 0 aliphatic rings. The van der Waals surface area contributed by atoms with Gasteiger partial charge in [-0.25, -0.2) is 4.39 Å².